The van der Waals surface area contributed by atoms with Crippen molar-refractivity contribution >= 4 is 38.4 Å². The zero-order valence-electron chi connectivity index (χ0n) is 17.4. The number of hydrogen-bond donors (Lipinski definition) is 1. The molecular weight excluding hydrogens is 446 g/mol. The van der Waals surface area contributed by atoms with Crippen molar-refractivity contribution in [2.24, 2.45) is 0 Å². The smallest absolute Gasteiger partial charge is 0.165 e. The Hall–Kier alpha value is -3.11. The number of hydrogen-bond acceptors (Lipinski definition) is 8. The third-order valence-corrected chi connectivity index (χ3v) is 8.29. The van der Waals surface area contributed by atoms with Crippen LogP contribution in [0.2, 0.25) is 0 Å². The Kier molecular flexibility index (Phi) is 5.06. The maximum absolute atomic E-state index is 12.4. The van der Waals surface area contributed by atoms with Crippen molar-refractivity contribution in [2.75, 3.05) is 17.2 Å². The molecule has 0 spiro atoms. The molecule has 1 fully saturated rings. The molecule has 0 saturated carbocycles. The number of aromatic nitrogens is 4. The summed E-state index contributed by atoms with van der Waals surface area (Å²) in [5.74, 6) is 0.0368. The van der Waals surface area contributed by atoms with Gasteiger partial charge in [0.2, 0.25) is 0 Å². The van der Waals surface area contributed by atoms with Crippen molar-refractivity contribution in [3.8, 4) is 22.4 Å². The predicted molar refractivity (Wildman–Crippen MR) is 125 cm³/mol. The van der Waals surface area contributed by atoms with Gasteiger partial charge in [0.1, 0.15) is 15.7 Å². The van der Waals surface area contributed by atoms with Crippen LogP contribution in [0.3, 0.4) is 0 Å². The van der Waals surface area contributed by atoms with Gasteiger partial charge in [0.05, 0.1) is 34.7 Å². The summed E-state index contributed by atoms with van der Waals surface area (Å²) in [6.07, 6.45) is 4.28. The molecule has 4 aromatic rings. The summed E-state index contributed by atoms with van der Waals surface area (Å²) in [7, 11) is -3.04. The van der Waals surface area contributed by atoms with Crippen LogP contribution in [0.25, 0.3) is 28.0 Å². The van der Waals surface area contributed by atoms with Gasteiger partial charge >= 0.3 is 0 Å². The Balaban J connectivity index is 1.61. The van der Waals surface area contributed by atoms with E-state index in [2.05, 4.69) is 10.1 Å². The van der Waals surface area contributed by atoms with E-state index < -0.39 is 9.84 Å². The van der Waals surface area contributed by atoms with Gasteiger partial charge in [-0.3, -0.25) is 9.78 Å². The maximum Gasteiger partial charge on any atom is 0.165 e. The first-order valence-corrected chi connectivity index (χ1v) is 13.0. The summed E-state index contributed by atoms with van der Waals surface area (Å²) < 4.78 is 25.3. The van der Waals surface area contributed by atoms with Crippen molar-refractivity contribution < 1.29 is 13.2 Å². The number of anilines is 1. The third kappa shape index (κ3) is 3.59. The van der Waals surface area contributed by atoms with Crippen LogP contribution in [0.15, 0.2) is 41.4 Å². The fraction of sp³-hybridized carbons (Fsp3) is 0.273. The molecule has 1 aliphatic rings. The van der Waals surface area contributed by atoms with E-state index in [1.54, 1.807) is 23.7 Å². The third-order valence-electron chi connectivity index (χ3n) is 5.90. The molecule has 8 nitrogen and oxygen atoms in total. The summed E-state index contributed by atoms with van der Waals surface area (Å²) >= 11 is 1.62. The SMILES string of the molecule is CC(=O)c1c(C2CCS(=O)(=O)CC2)nc2c(-c3ccc(-c4ccsc4)nc3)cnn2c1N. The standard InChI is InChI=1S/C22H21N5O3S2/c1-13(28)19-20(14-5-8-32(29,30)9-6-14)26-22-17(11-25-27(22)21(19)23)15-2-3-18(24-10-15)16-4-7-31-12-16/h2-4,7,10-12,14H,5-6,8-9,23H2,1H3. The van der Waals surface area contributed by atoms with Crippen LogP contribution in [-0.4, -0.2) is 45.3 Å². The Morgan fingerprint density at radius 2 is 1.94 bits per heavy atom. The fourth-order valence-electron chi connectivity index (χ4n) is 4.19. The number of nitrogens with two attached hydrogens (primary N) is 1. The quantitative estimate of drug-likeness (QED) is 0.455. The van der Waals surface area contributed by atoms with Crippen molar-refractivity contribution in [1.82, 2.24) is 19.6 Å². The van der Waals surface area contributed by atoms with Gasteiger partial charge in [-0.25, -0.2) is 13.4 Å². The zero-order valence-corrected chi connectivity index (χ0v) is 19.0. The molecule has 0 radical (unpaired) electrons. The summed E-state index contributed by atoms with van der Waals surface area (Å²) in [5.41, 5.74) is 11.3. The second-order valence-corrected chi connectivity index (χ2v) is 11.1. The van der Waals surface area contributed by atoms with Gasteiger partial charge in [-0.1, -0.05) is 6.07 Å². The van der Waals surface area contributed by atoms with E-state index in [4.69, 9.17) is 10.7 Å². The number of carbonyl (C=O) groups is 1. The number of sulfone groups is 1. The average Bonchev–Trinajstić information content (AvgIpc) is 3.44. The summed E-state index contributed by atoms with van der Waals surface area (Å²) in [6, 6.07) is 5.92. The topological polar surface area (TPSA) is 120 Å². The van der Waals surface area contributed by atoms with Gasteiger partial charge in [0, 0.05) is 34.2 Å². The highest BCUT2D eigenvalue weighted by Crippen LogP contribution is 2.35. The minimum Gasteiger partial charge on any atom is -0.383 e. The monoisotopic (exact) mass is 467 g/mol. The van der Waals surface area contributed by atoms with E-state index in [1.807, 2.05) is 29.0 Å². The molecule has 5 heterocycles. The molecular formula is C22H21N5O3S2. The van der Waals surface area contributed by atoms with Crippen LogP contribution in [-0.2, 0) is 9.84 Å². The van der Waals surface area contributed by atoms with Gasteiger partial charge in [-0.05, 0) is 37.3 Å². The first-order valence-electron chi connectivity index (χ1n) is 10.2. The number of carbonyl (C=O) groups excluding carboxylic acids is 1. The number of ketones is 1. The van der Waals surface area contributed by atoms with Crippen LogP contribution in [0, 0.1) is 0 Å². The number of nitrogens with zero attached hydrogens (tertiary/aromatic N) is 4. The highest BCUT2D eigenvalue weighted by atomic mass is 32.2. The molecule has 4 aromatic heterocycles. The predicted octanol–water partition coefficient (Wildman–Crippen LogP) is 3.60. The Bertz CT molecular complexity index is 1410. The van der Waals surface area contributed by atoms with Crippen LogP contribution in [0.4, 0.5) is 5.82 Å². The molecule has 1 saturated heterocycles. The van der Waals surface area contributed by atoms with Gasteiger partial charge in [-0.15, -0.1) is 0 Å². The molecule has 0 aliphatic carbocycles. The van der Waals surface area contributed by atoms with E-state index in [0.717, 1.165) is 22.4 Å². The molecule has 32 heavy (non-hydrogen) atoms. The fourth-order valence-corrected chi connectivity index (χ4v) is 6.33. The lowest BCUT2D eigenvalue weighted by Gasteiger charge is -2.24. The van der Waals surface area contributed by atoms with Crippen LogP contribution in [0.1, 0.15) is 41.7 Å². The van der Waals surface area contributed by atoms with Gasteiger partial charge in [0.15, 0.2) is 11.4 Å². The molecule has 0 aromatic carbocycles. The largest absolute Gasteiger partial charge is 0.383 e. The van der Waals surface area contributed by atoms with Crippen molar-refractivity contribution in [3.05, 3.63) is 52.6 Å². The van der Waals surface area contributed by atoms with E-state index in [9.17, 15) is 13.2 Å². The molecule has 0 bridgehead atoms. The van der Waals surface area contributed by atoms with Gasteiger partial charge in [-0.2, -0.15) is 21.0 Å². The van der Waals surface area contributed by atoms with Crippen LogP contribution >= 0.6 is 11.3 Å². The lowest BCUT2D eigenvalue weighted by atomic mass is 9.93. The summed E-state index contributed by atoms with van der Waals surface area (Å²) in [4.78, 5) is 21.8. The molecule has 1 aliphatic heterocycles. The molecule has 0 unspecified atom stereocenters. The van der Waals surface area contributed by atoms with Gasteiger partial charge in [0.25, 0.3) is 0 Å². The Morgan fingerprint density at radius 1 is 1.16 bits per heavy atom. The number of pyridine rings is 1. The minimum atomic E-state index is -3.04. The lowest BCUT2D eigenvalue weighted by molar-refractivity contribution is 0.101. The number of nitrogen functional groups attached to an aromatic ring is 1. The van der Waals surface area contributed by atoms with E-state index >= 15 is 0 Å². The average molecular weight is 468 g/mol. The Labute approximate surface area is 189 Å². The number of fused-ring (bicyclic) bond motifs is 1. The minimum absolute atomic E-state index is 0.0852. The zero-order chi connectivity index (χ0) is 22.5. The van der Waals surface area contributed by atoms with E-state index in [1.165, 1.54) is 11.4 Å². The Morgan fingerprint density at radius 3 is 2.56 bits per heavy atom. The first-order chi connectivity index (χ1) is 15.3. The van der Waals surface area contributed by atoms with Crippen LogP contribution in [0.5, 0.6) is 0 Å². The molecule has 164 valence electrons. The highest BCUT2D eigenvalue weighted by Gasteiger charge is 2.30. The lowest BCUT2D eigenvalue weighted by Crippen LogP contribution is -2.25. The molecule has 10 heteroatoms. The van der Waals surface area contributed by atoms with E-state index in [0.29, 0.717) is 29.7 Å². The highest BCUT2D eigenvalue weighted by molar-refractivity contribution is 7.91. The van der Waals surface area contributed by atoms with Crippen molar-refractivity contribution in [2.45, 2.75) is 25.7 Å². The molecule has 0 atom stereocenters. The molecule has 5 rings (SSSR count). The second kappa shape index (κ2) is 7.79. The molecule has 2 N–H and O–H groups in total. The van der Waals surface area contributed by atoms with Crippen molar-refractivity contribution in [1.29, 1.82) is 0 Å². The number of Topliss-reactive ketones (excluding diaryl/α,β-unsaturated/α-hetero) is 1. The first kappa shape index (κ1) is 20.8. The number of thiophene rings is 1. The van der Waals surface area contributed by atoms with Crippen LogP contribution < -0.4 is 5.73 Å². The van der Waals surface area contributed by atoms with E-state index in [-0.39, 0.29) is 29.0 Å². The van der Waals surface area contributed by atoms with Gasteiger partial charge < -0.3 is 5.73 Å². The maximum atomic E-state index is 12.4. The number of rotatable bonds is 4. The second-order valence-electron chi connectivity index (χ2n) is 7.98. The van der Waals surface area contributed by atoms with Crippen molar-refractivity contribution in [3.63, 3.8) is 0 Å². The summed E-state index contributed by atoms with van der Waals surface area (Å²) in [5, 5.41) is 8.42. The normalized spacial score (nSPS) is 16.4. The summed E-state index contributed by atoms with van der Waals surface area (Å²) in [6.45, 7) is 1.44. The molecule has 0 amide bonds.